The molecular weight excluding hydrogens is 291 g/mol. The van der Waals surface area contributed by atoms with E-state index in [1.807, 2.05) is 0 Å². The maximum absolute atomic E-state index is 13.6. The number of hydrogen-bond acceptors (Lipinski definition) is 3. The van der Waals surface area contributed by atoms with E-state index in [-0.39, 0.29) is 11.4 Å². The summed E-state index contributed by atoms with van der Waals surface area (Å²) in [4.78, 5) is 3.64. The van der Waals surface area contributed by atoms with Crippen molar-refractivity contribution in [2.75, 3.05) is 7.05 Å². The Morgan fingerprint density at radius 1 is 1.42 bits per heavy atom. The Morgan fingerprint density at radius 3 is 2.74 bits per heavy atom. The summed E-state index contributed by atoms with van der Waals surface area (Å²) in [5, 5.41) is -0.771. The Morgan fingerprint density at radius 2 is 2.11 bits per heavy atom. The predicted octanol–water partition coefficient (Wildman–Crippen LogP) is 2.39. The van der Waals surface area contributed by atoms with Crippen molar-refractivity contribution in [1.29, 1.82) is 0 Å². The SMILES string of the molecule is CN(C1CCCCC1Cl)S(=O)(=O)c1ncccc1F. The monoisotopic (exact) mass is 306 g/mol. The first kappa shape index (κ1) is 14.7. The summed E-state index contributed by atoms with van der Waals surface area (Å²) in [7, 11) is -2.50. The smallest absolute Gasteiger partial charge is 0.241 e. The fourth-order valence-corrected chi connectivity index (χ4v) is 4.26. The first-order valence-electron chi connectivity index (χ1n) is 6.17. The van der Waals surface area contributed by atoms with Crippen LogP contribution in [-0.2, 0) is 10.0 Å². The molecule has 106 valence electrons. The maximum Gasteiger partial charge on any atom is 0.263 e. The Bertz CT molecular complexity index is 552. The minimum absolute atomic E-state index is 0.236. The van der Waals surface area contributed by atoms with Gasteiger partial charge < -0.3 is 0 Å². The Hall–Kier alpha value is -0.720. The average Bonchev–Trinajstić information content (AvgIpc) is 2.39. The standard InChI is InChI=1S/C12H16ClFN2O2S/c1-16(11-7-3-2-5-9(11)13)19(17,18)12-10(14)6-4-8-15-12/h4,6,8-9,11H,2-3,5,7H2,1H3. The van der Waals surface area contributed by atoms with Crippen LogP contribution in [0, 0.1) is 5.82 Å². The Labute approximate surface area is 117 Å². The summed E-state index contributed by atoms with van der Waals surface area (Å²) in [5.74, 6) is -0.837. The van der Waals surface area contributed by atoms with Gasteiger partial charge in [0.05, 0.1) is 5.38 Å². The van der Waals surface area contributed by atoms with E-state index in [9.17, 15) is 12.8 Å². The molecule has 1 heterocycles. The lowest BCUT2D eigenvalue weighted by atomic mass is 9.95. The molecule has 4 nitrogen and oxygen atoms in total. The van der Waals surface area contributed by atoms with Crippen molar-refractivity contribution in [3.8, 4) is 0 Å². The van der Waals surface area contributed by atoms with Crippen molar-refractivity contribution in [3.63, 3.8) is 0 Å². The number of halogens is 2. The molecule has 1 aromatic rings. The first-order valence-corrected chi connectivity index (χ1v) is 8.05. The zero-order chi connectivity index (χ0) is 14.0. The highest BCUT2D eigenvalue weighted by atomic mass is 35.5. The molecule has 1 saturated carbocycles. The van der Waals surface area contributed by atoms with E-state index in [4.69, 9.17) is 11.6 Å². The van der Waals surface area contributed by atoms with E-state index in [0.717, 1.165) is 29.6 Å². The zero-order valence-corrected chi connectivity index (χ0v) is 12.2. The van der Waals surface area contributed by atoms with E-state index < -0.39 is 20.9 Å². The molecule has 0 spiro atoms. The van der Waals surface area contributed by atoms with Gasteiger partial charge in [0.2, 0.25) is 5.03 Å². The molecular formula is C12H16ClFN2O2S. The minimum atomic E-state index is -3.94. The van der Waals surface area contributed by atoms with Crippen LogP contribution in [0.3, 0.4) is 0 Å². The van der Waals surface area contributed by atoms with Crippen LogP contribution in [0.2, 0.25) is 0 Å². The lowest BCUT2D eigenvalue weighted by Crippen LogP contribution is -2.44. The molecule has 2 rings (SSSR count). The summed E-state index contributed by atoms with van der Waals surface area (Å²) >= 11 is 6.19. The van der Waals surface area contributed by atoms with E-state index in [2.05, 4.69) is 4.98 Å². The van der Waals surface area contributed by atoms with Gasteiger partial charge in [0, 0.05) is 19.3 Å². The largest absolute Gasteiger partial charge is 0.263 e. The van der Waals surface area contributed by atoms with Gasteiger partial charge in [-0.1, -0.05) is 12.8 Å². The van der Waals surface area contributed by atoms with Gasteiger partial charge in [0.25, 0.3) is 10.0 Å². The highest BCUT2D eigenvalue weighted by Crippen LogP contribution is 2.29. The van der Waals surface area contributed by atoms with Gasteiger partial charge in [-0.05, 0) is 25.0 Å². The summed E-state index contributed by atoms with van der Waals surface area (Å²) in [6.45, 7) is 0. The van der Waals surface area contributed by atoms with Gasteiger partial charge in [-0.25, -0.2) is 17.8 Å². The highest BCUT2D eigenvalue weighted by Gasteiger charge is 2.36. The Balaban J connectivity index is 2.31. The average molecular weight is 307 g/mol. The van der Waals surface area contributed by atoms with Gasteiger partial charge in [-0.3, -0.25) is 0 Å². The van der Waals surface area contributed by atoms with Crippen LogP contribution in [0.4, 0.5) is 4.39 Å². The van der Waals surface area contributed by atoms with Crippen molar-refractivity contribution < 1.29 is 12.8 Å². The van der Waals surface area contributed by atoms with Crippen molar-refractivity contribution in [2.45, 2.75) is 42.1 Å². The summed E-state index contributed by atoms with van der Waals surface area (Å²) in [6.07, 6.45) is 4.66. The van der Waals surface area contributed by atoms with Gasteiger partial charge >= 0.3 is 0 Å². The molecule has 2 atom stereocenters. The third kappa shape index (κ3) is 2.90. The van der Waals surface area contributed by atoms with E-state index in [1.54, 1.807) is 0 Å². The molecule has 0 saturated heterocycles. The first-order chi connectivity index (χ1) is 8.94. The predicted molar refractivity (Wildman–Crippen MR) is 71.0 cm³/mol. The highest BCUT2D eigenvalue weighted by molar-refractivity contribution is 7.89. The second kappa shape index (κ2) is 5.73. The number of alkyl halides is 1. The number of rotatable bonds is 3. The third-order valence-corrected chi connectivity index (χ3v) is 5.79. The minimum Gasteiger partial charge on any atom is -0.241 e. The van der Waals surface area contributed by atoms with Crippen LogP contribution in [0.1, 0.15) is 25.7 Å². The third-order valence-electron chi connectivity index (χ3n) is 3.46. The van der Waals surface area contributed by atoms with Crippen LogP contribution < -0.4 is 0 Å². The van der Waals surface area contributed by atoms with Crippen LogP contribution in [0.15, 0.2) is 23.4 Å². The fraction of sp³-hybridized carbons (Fsp3) is 0.583. The number of pyridine rings is 1. The normalized spacial score (nSPS) is 24.6. The van der Waals surface area contributed by atoms with Gasteiger partial charge in [-0.15, -0.1) is 11.6 Å². The second-order valence-corrected chi connectivity index (χ2v) is 7.15. The summed E-state index contributed by atoms with van der Waals surface area (Å²) < 4.78 is 39.5. The van der Waals surface area contributed by atoms with Crippen LogP contribution in [0.5, 0.6) is 0 Å². The van der Waals surface area contributed by atoms with Crippen LogP contribution >= 0.6 is 11.6 Å². The van der Waals surface area contributed by atoms with Gasteiger partial charge in [0.15, 0.2) is 5.82 Å². The second-order valence-electron chi connectivity index (χ2n) is 4.68. The van der Waals surface area contributed by atoms with E-state index in [0.29, 0.717) is 6.42 Å². The zero-order valence-electron chi connectivity index (χ0n) is 10.6. The number of sulfonamides is 1. The van der Waals surface area contributed by atoms with Gasteiger partial charge in [-0.2, -0.15) is 4.31 Å². The molecule has 0 aromatic carbocycles. The molecule has 1 aliphatic carbocycles. The molecule has 1 aliphatic rings. The van der Waals surface area contributed by atoms with Crippen molar-refractivity contribution in [1.82, 2.24) is 9.29 Å². The molecule has 0 aliphatic heterocycles. The molecule has 19 heavy (non-hydrogen) atoms. The maximum atomic E-state index is 13.6. The van der Waals surface area contributed by atoms with Crippen molar-refractivity contribution >= 4 is 21.6 Å². The van der Waals surface area contributed by atoms with E-state index >= 15 is 0 Å². The molecule has 2 unspecified atom stereocenters. The van der Waals surface area contributed by atoms with Crippen LogP contribution in [-0.4, -0.2) is 36.2 Å². The summed E-state index contributed by atoms with van der Waals surface area (Å²) in [5.41, 5.74) is 0. The van der Waals surface area contributed by atoms with Crippen LogP contribution in [0.25, 0.3) is 0 Å². The molecule has 0 radical (unpaired) electrons. The topological polar surface area (TPSA) is 50.3 Å². The molecule has 7 heteroatoms. The molecule has 0 bridgehead atoms. The van der Waals surface area contributed by atoms with Crippen molar-refractivity contribution in [2.24, 2.45) is 0 Å². The van der Waals surface area contributed by atoms with Crippen molar-refractivity contribution in [3.05, 3.63) is 24.1 Å². The number of aromatic nitrogens is 1. The molecule has 1 fully saturated rings. The Kier molecular flexibility index (Phi) is 4.43. The lowest BCUT2D eigenvalue weighted by Gasteiger charge is -2.33. The summed E-state index contributed by atoms with van der Waals surface area (Å²) in [6, 6.07) is 2.15. The van der Waals surface area contributed by atoms with Gasteiger partial charge in [0.1, 0.15) is 0 Å². The number of nitrogens with zero attached hydrogens (tertiary/aromatic N) is 2. The molecule has 0 amide bonds. The molecule has 0 N–H and O–H groups in total. The molecule has 1 aromatic heterocycles. The quantitative estimate of drug-likeness (QED) is 0.806. The fourth-order valence-electron chi connectivity index (χ4n) is 2.35. The van der Waals surface area contributed by atoms with E-state index in [1.165, 1.54) is 19.3 Å². The number of hydrogen-bond donors (Lipinski definition) is 0. The lowest BCUT2D eigenvalue weighted by molar-refractivity contribution is 0.289.